The van der Waals surface area contributed by atoms with Gasteiger partial charge >= 0.3 is 11.9 Å². The minimum Gasteiger partial charge on any atom is -0.497 e. The van der Waals surface area contributed by atoms with Crippen LogP contribution in [0.2, 0.25) is 0 Å². The monoisotopic (exact) mass is 495 g/mol. The molecule has 10 heteroatoms. The van der Waals surface area contributed by atoms with Crippen molar-refractivity contribution < 1.29 is 33.0 Å². The zero-order valence-electron chi connectivity index (χ0n) is 20.0. The number of carbonyl (C=O) groups excluding carboxylic acids is 3. The van der Waals surface area contributed by atoms with Crippen LogP contribution in [0.5, 0.6) is 5.75 Å². The van der Waals surface area contributed by atoms with E-state index in [9.17, 15) is 18.8 Å². The normalized spacial score (nSPS) is 13.8. The average molecular weight is 496 g/mol. The summed E-state index contributed by atoms with van der Waals surface area (Å²) >= 11 is 0. The standard InChI is InChI=1S/C26H26FN3O6/c1-34-21-5-3-4-18(14-21)24-22(15-30(28-24)20-8-6-19(27)7-9-20)26(33)36-16-23(31)29-12-10-17(11-13-29)25(32)35-2/h3-9,14-15,17H,10-13,16H2,1-2H3. The van der Waals surface area contributed by atoms with E-state index in [4.69, 9.17) is 14.2 Å². The molecule has 0 saturated carbocycles. The van der Waals surface area contributed by atoms with Crippen LogP contribution in [-0.4, -0.2) is 66.4 Å². The van der Waals surface area contributed by atoms with Crippen molar-refractivity contribution >= 4 is 17.8 Å². The molecule has 1 aliphatic rings. The molecule has 0 unspecified atom stereocenters. The van der Waals surface area contributed by atoms with Crippen LogP contribution in [0.1, 0.15) is 23.2 Å². The number of esters is 2. The summed E-state index contributed by atoms with van der Waals surface area (Å²) in [5.74, 6) is -1.40. The Morgan fingerprint density at radius 2 is 1.78 bits per heavy atom. The molecule has 1 saturated heterocycles. The number of halogens is 1. The number of benzene rings is 2. The van der Waals surface area contributed by atoms with Crippen LogP contribution in [-0.2, 0) is 19.1 Å². The van der Waals surface area contributed by atoms with Crippen LogP contribution >= 0.6 is 0 Å². The third-order valence-corrected chi connectivity index (χ3v) is 6.08. The first kappa shape index (κ1) is 24.9. The summed E-state index contributed by atoms with van der Waals surface area (Å²) in [6, 6.07) is 12.7. The fraction of sp³-hybridized carbons (Fsp3) is 0.308. The molecule has 1 aliphatic heterocycles. The van der Waals surface area contributed by atoms with E-state index < -0.39 is 18.4 Å². The zero-order chi connectivity index (χ0) is 25.7. The molecule has 0 bridgehead atoms. The molecule has 188 valence electrons. The minimum atomic E-state index is -0.723. The summed E-state index contributed by atoms with van der Waals surface area (Å²) in [6.45, 7) is 0.322. The second kappa shape index (κ2) is 11.0. The Kier molecular flexibility index (Phi) is 7.62. The van der Waals surface area contributed by atoms with Gasteiger partial charge in [0.1, 0.15) is 22.8 Å². The van der Waals surface area contributed by atoms with Gasteiger partial charge in [0.25, 0.3) is 5.91 Å². The van der Waals surface area contributed by atoms with Gasteiger partial charge in [-0.3, -0.25) is 9.59 Å². The van der Waals surface area contributed by atoms with Crippen molar-refractivity contribution in [2.24, 2.45) is 5.92 Å². The first-order chi connectivity index (χ1) is 17.4. The molecule has 0 atom stereocenters. The maximum atomic E-state index is 13.4. The van der Waals surface area contributed by atoms with Crippen LogP contribution in [0.25, 0.3) is 16.9 Å². The minimum absolute atomic E-state index is 0.143. The summed E-state index contributed by atoms with van der Waals surface area (Å²) in [6.07, 6.45) is 2.48. The van der Waals surface area contributed by atoms with E-state index in [2.05, 4.69) is 5.10 Å². The Morgan fingerprint density at radius 3 is 2.44 bits per heavy atom. The van der Waals surface area contributed by atoms with Gasteiger partial charge in [0.05, 0.1) is 25.8 Å². The van der Waals surface area contributed by atoms with Gasteiger partial charge in [-0.15, -0.1) is 0 Å². The molecule has 36 heavy (non-hydrogen) atoms. The van der Waals surface area contributed by atoms with Crippen molar-refractivity contribution in [2.75, 3.05) is 33.9 Å². The van der Waals surface area contributed by atoms with Gasteiger partial charge in [-0.2, -0.15) is 5.10 Å². The summed E-state index contributed by atoms with van der Waals surface area (Å²) in [7, 11) is 2.88. The van der Waals surface area contributed by atoms with Gasteiger partial charge in [-0.05, 0) is 49.2 Å². The van der Waals surface area contributed by atoms with E-state index >= 15 is 0 Å². The number of methoxy groups -OCH3 is 2. The van der Waals surface area contributed by atoms with Crippen molar-refractivity contribution in [3.8, 4) is 22.7 Å². The van der Waals surface area contributed by atoms with Gasteiger partial charge in [-0.1, -0.05) is 12.1 Å². The average Bonchev–Trinajstić information content (AvgIpc) is 3.37. The molecule has 0 spiro atoms. The molecule has 4 rings (SSSR count). The van der Waals surface area contributed by atoms with E-state index in [0.29, 0.717) is 48.6 Å². The highest BCUT2D eigenvalue weighted by atomic mass is 19.1. The zero-order valence-corrected chi connectivity index (χ0v) is 20.0. The lowest BCUT2D eigenvalue weighted by Gasteiger charge is -2.30. The number of carbonyl (C=O) groups is 3. The highest BCUT2D eigenvalue weighted by Gasteiger charge is 2.29. The second-order valence-electron chi connectivity index (χ2n) is 8.30. The summed E-state index contributed by atoms with van der Waals surface area (Å²) in [5, 5.41) is 4.53. The van der Waals surface area contributed by atoms with Gasteiger partial charge in [0, 0.05) is 24.8 Å². The second-order valence-corrected chi connectivity index (χ2v) is 8.30. The van der Waals surface area contributed by atoms with Crippen molar-refractivity contribution in [3.63, 3.8) is 0 Å². The quantitative estimate of drug-likeness (QED) is 0.464. The number of rotatable bonds is 7. The summed E-state index contributed by atoms with van der Waals surface area (Å²) < 4.78 is 30.3. The number of nitrogens with zero attached hydrogens (tertiary/aromatic N) is 3. The first-order valence-corrected chi connectivity index (χ1v) is 11.4. The van der Waals surface area contributed by atoms with Gasteiger partial charge < -0.3 is 19.1 Å². The van der Waals surface area contributed by atoms with E-state index in [-0.39, 0.29) is 23.4 Å². The van der Waals surface area contributed by atoms with E-state index in [0.717, 1.165) is 0 Å². The van der Waals surface area contributed by atoms with E-state index in [1.54, 1.807) is 29.2 Å². The lowest BCUT2D eigenvalue weighted by atomic mass is 9.97. The Bertz CT molecular complexity index is 1250. The number of likely N-dealkylation sites (tertiary alicyclic amines) is 1. The molecule has 2 aromatic carbocycles. The van der Waals surface area contributed by atoms with Crippen LogP contribution in [0.3, 0.4) is 0 Å². The fourth-order valence-corrected chi connectivity index (χ4v) is 4.06. The molecule has 1 amide bonds. The van der Waals surface area contributed by atoms with Crippen molar-refractivity contribution in [2.45, 2.75) is 12.8 Å². The predicted molar refractivity (Wildman–Crippen MR) is 127 cm³/mol. The SMILES string of the molecule is COC(=O)C1CCN(C(=O)COC(=O)c2cn(-c3ccc(F)cc3)nc2-c2cccc(OC)c2)CC1. The largest absolute Gasteiger partial charge is 0.497 e. The lowest BCUT2D eigenvalue weighted by molar-refractivity contribution is -0.149. The molecule has 9 nitrogen and oxygen atoms in total. The molecule has 2 heterocycles. The first-order valence-electron chi connectivity index (χ1n) is 11.4. The van der Waals surface area contributed by atoms with Gasteiger partial charge in [0.2, 0.25) is 0 Å². The van der Waals surface area contributed by atoms with E-state index in [1.165, 1.54) is 49.4 Å². The Labute approximate surface area is 207 Å². The molecule has 0 aliphatic carbocycles. The number of ether oxygens (including phenoxy) is 3. The fourth-order valence-electron chi connectivity index (χ4n) is 4.06. The number of aromatic nitrogens is 2. The molecule has 1 aromatic heterocycles. The van der Waals surface area contributed by atoms with Crippen LogP contribution in [0.4, 0.5) is 4.39 Å². The van der Waals surface area contributed by atoms with E-state index in [1.807, 2.05) is 0 Å². The van der Waals surface area contributed by atoms with Crippen molar-refractivity contribution in [1.29, 1.82) is 0 Å². The van der Waals surface area contributed by atoms with Gasteiger partial charge in [0.15, 0.2) is 6.61 Å². The number of piperidine rings is 1. The Hall–Kier alpha value is -4.21. The summed E-state index contributed by atoms with van der Waals surface area (Å²) in [5.41, 5.74) is 1.63. The third kappa shape index (κ3) is 5.54. The highest BCUT2D eigenvalue weighted by Crippen LogP contribution is 2.28. The Morgan fingerprint density at radius 1 is 1.06 bits per heavy atom. The smallest absolute Gasteiger partial charge is 0.342 e. The predicted octanol–water partition coefficient (Wildman–Crippen LogP) is 3.26. The number of hydrogen-bond acceptors (Lipinski definition) is 7. The van der Waals surface area contributed by atoms with Crippen LogP contribution in [0, 0.1) is 11.7 Å². The van der Waals surface area contributed by atoms with Crippen LogP contribution in [0.15, 0.2) is 54.7 Å². The molecule has 3 aromatic rings. The van der Waals surface area contributed by atoms with Crippen LogP contribution < -0.4 is 4.74 Å². The topological polar surface area (TPSA) is 100.0 Å². The summed E-state index contributed by atoms with van der Waals surface area (Å²) in [4.78, 5) is 39.0. The van der Waals surface area contributed by atoms with Crippen molar-refractivity contribution in [3.05, 3.63) is 66.1 Å². The van der Waals surface area contributed by atoms with Gasteiger partial charge in [-0.25, -0.2) is 13.9 Å². The molecular formula is C26H26FN3O6. The maximum Gasteiger partial charge on any atom is 0.342 e. The lowest BCUT2D eigenvalue weighted by Crippen LogP contribution is -2.42. The Balaban J connectivity index is 1.51. The molecule has 0 radical (unpaired) electrons. The highest BCUT2D eigenvalue weighted by molar-refractivity contribution is 5.97. The molecular weight excluding hydrogens is 469 g/mol. The molecule has 1 fully saturated rings. The number of hydrogen-bond donors (Lipinski definition) is 0. The number of amides is 1. The maximum absolute atomic E-state index is 13.4. The third-order valence-electron chi connectivity index (χ3n) is 6.08. The van der Waals surface area contributed by atoms with Crippen molar-refractivity contribution in [1.82, 2.24) is 14.7 Å². The molecule has 0 N–H and O–H groups in total.